The summed E-state index contributed by atoms with van der Waals surface area (Å²) in [7, 11) is 0. The van der Waals surface area contributed by atoms with Crippen molar-refractivity contribution in [3.63, 3.8) is 0 Å². The summed E-state index contributed by atoms with van der Waals surface area (Å²) in [4.78, 5) is 10.3. The van der Waals surface area contributed by atoms with E-state index in [1.807, 2.05) is 0 Å². The van der Waals surface area contributed by atoms with E-state index in [0.717, 1.165) is 0 Å². The fourth-order valence-electron chi connectivity index (χ4n) is 0.692. The van der Waals surface area contributed by atoms with E-state index in [2.05, 4.69) is 0 Å². The SMILES string of the molecule is Nc1ccccc1C(=O)O.[Pd]. The van der Waals surface area contributed by atoms with Gasteiger partial charge in [-0.25, -0.2) is 4.79 Å². The Bertz CT molecular complexity index is 262. The Kier molecular flexibility index (Phi) is 3.80. The molecule has 0 unspecified atom stereocenters. The van der Waals surface area contributed by atoms with Crippen LogP contribution in [0.25, 0.3) is 0 Å². The Labute approximate surface area is 77.9 Å². The van der Waals surface area contributed by atoms with E-state index < -0.39 is 5.97 Å². The van der Waals surface area contributed by atoms with Gasteiger partial charge in [-0.2, -0.15) is 0 Å². The first kappa shape index (κ1) is 10.2. The molecule has 1 rings (SSSR count). The predicted molar refractivity (Wildman–Crippen MR) is 37.8 cm³/mol. The second kappa shape index (κ2) is 4.12. The van der Waals surface area contributed by atoms with Gasteiger partial charge in [-0.15, -0.1) is 0 Å². The van der Waals surface area contributed by atoms with E-state index in [0.29, 0.717) is 5.69 Å². The van der Waals surface area contributed by atoms with Crippen molar-refractivity contribution in [2.24, 2.45) is 0 Å². The molecule has 3 N–H and O–H groups in total. The molecule has 0 atom stereocenters. The molecule has 0 saturated heterocycles. The van der Waals surface area contributed by atoms with Crippen LogP contribution < -0.4 is 5.73 Å². The van der Waals surface area contributed by atoms with Crippen molar-refractivity contribution in [3.05, 3.63) is 29.8 Å². The molecule has 4 heteroatoms. The Morgan fingerprint density at radius 2 is 1.91 bits per heavy atom. The largest absolute Gasteiger partial charge is 0.478 e. The number of nitrogens with two attached hydrogens (primary N) is 1. The maximum absolute atomic E-state index is 10.3. The summed E-state index contributed by atoms with van der Waals surface area (Å²) in [5.41, 5.74) is 5.80. The van der Waals surface area contributed by atoms with Gasteiger partial charge in [0.1, 0.15) is 0 Å². The van der Waals surface area contributed by atoms with Gasteiger partial charge in [-0.3, -0.25) is 0 Å². The van der Waals surface area contributed by atoms with Crippen LogP contribution in [0.2, 0.25) is 0 Å². The van der Waals surface area contributed by atoms with Crippen molar-refractivity contribution in [2.75, 3.05) is 5.73 Å². The molecule has 0 radical (unpaired) electrons. The average molecular weight is 244 g/mol. The van der Waals surface area contributed by atoms with Crippen LogP contribution in [0.3, 0.4) is 0 Å². The molecule has 11 heavy (non-hydrogen) atoms. The molecule has 0 aliphatic rings. The van der Waals surface area contributed by atoms with Crippen molar-refractivity contribution in [3.8, 4) is 0 Å². The second-order valence-corrected chi connectivity index (χ2v) is 1.89. The third kappa shape index (κ3) is 2.34. The van der Waals surface area contributed by atoms with Crippen LogP contribution in [-0.4, -0.2) is 11.1 Å². The summed E-state index contributed by atoms with van der Waals surface area (Å²) < 4.78 is 0. The molecule has 0 heterocycles. The minimum absolute atomic E-state index is 0. The topological polar surface area (TPSA) is 63.3 Å². The minimum atomic E-state index is -0.988. The smallest absolute Gasteiger partial charge is 0.337 e. The number of benzene rings is 1. The standard InChI is InChI=1S/C7H7NO2.Pd/c8-6-4-2-1-3-5(6)7(9)10;/h1-4H,8H2,(H,9,10);. The normalized spacial score (nSPS) is 8.36. The van der Waals surface area contributed by atoms with Crippen molar-refractivity contribution < 1.29 is 30.3 Å². The first-order chi connectivity index (χ1) is 4.72. The zero-order valence-electron chi connectivity index (χ0n) is 5.56. The van der Waals surface area contributed by atoms with E-state index in [1.165, 1.54) is 6.07 Å². The number of anilines is 1. The number of para-hydroxylation sites is 1. The van der Waals surface area contributed by atoms with Crippen LogP contribution in [0.4, 0.5) is 5.69 Å². The molecule has 62 valence electrons. The average Bonchev–Trinajstić information content (AvgIpc) is 1.88. The number of carboxylic acid groups (broad SMARTS) is 1. The monoisotopic (exact) mass is 243 g/mol. The van der Waals surface area contributed by atoms with Gasteiger partial charge in [0.25, 0.3) is 0 Å². The summed E-state index contributed by atoms with van der Waals surface area (Å²) in [6.07, 6.45) is 0. The van der Waals surface area contributed by atoms with E-state index >= 15 is 0 Å². The molecule has 3 nitrogen and oxygen atoms in total. The molecule has 0 aliphatic carbocycles. The quantitative estimate of drug-likeness (QED) is 0.571. The van der Waals surface area contributed by atoms with E-state index in [9.17, 15) is 4.79 Å². The summed E-state index contributed by atoms with van der Waals surface area (Å²) in [6, 6.07) is 6.36. The summed E-state index contributed by atoms with van der Waals surface area (Å²) in [5.74, 6) is -0.988. The van der Waals surface area contributed by atoms with Crippen LogP contribution in [0.1, 0.15) is 10.4 Å². The van der Waals surface area contributed by atoms with Crippen molar-refractivity contribution in [1.82, 2.24) is 0 Å². The van der Waals surface area contributed by atoms with Gasteiger partial charge in [0.15, 0.2) is 0 Å². The number of hydrogen-bond donors (Lipinski definition) is 2. The van der Waals surface area contributed by atoms with Gasteiger partial charge in [-0.05, 0) is 12.1 Å². The van der Waals surface area contributed by atoms with Crippen LogP contribution in [0.15, 0.2) is 24.3 Å². The molecule has 0 aromatic heterocycles. The van der Waals surface area contributed by atoms with Crippen LogP contribution >= 0.6 is 0 Å². The third-order valence-electron chi connectivity index (χ3n) is 1.19. The van der Waals surface area contributed by atoms with Crippen molar-refractivity contribution in [2.45, 2.75) is 0 Å². The van der Waals surface area contributed by atoms with Gasteiger partial charge in [-0.1, -0.05) is 12.1 Å². The zero-order valence-corrected chi connectivity index (χ0v) is 7.11. The fraction of sp³-hybridized carbons (Fsp3) is 0. The van der Waals surface area contributed by atoms with E-state index in [4.69, 9.17) is 10.8 Å². The molecule has 1 aromatic carbocycles. The Hall–Kier alpha value is -0.848. The van der Waals surface area contributed by atoms with E-state index in [1.54, 1.807) is 18.2 Å². The second-order valence-electron chi connectivity index (χ2n) is 1.89. The summed E-state index contributed by atoms with van der Waals surface area (Å²) in [6.45, 7) is 0. The molecule has 0 saturated carbocycles. The van der Waals surface area contributed by atoms with Crippen LogP contribution in [0.5, 0.6) is 0 Å². The fourth-order valence-corrected chi connectivity index (χ4v) is 0.692. The van der Waals surface area contributed by atoms with Gasteiger partial charge in [0.05, 0.1) is 5.56 Å². The van der Waals surface area contributed by atoms with Crippen LogP contribution in [-0.2, 0) is 20.4 Å². The number of carboxylic acids is 1. The van der Waals surface area contributed by atoms with E-state index in [-0.39, 0.29) is 26.0 Å². The van der Waals surface area contributed by atoms with Gasteiger partial charge in [0, 0.05) is 26.1 Å². The molecule has 0 aliphatic heterocycles. The first-order valence-corrected chi connectivity index (χ1v) is 2.79. The molecular weight excluding hydrogens is 237 g/mol. The number of nitrogen functional groups attached to an aromatic ring is 1. The number of carbonyl (C=O) groups is 1. The molecule has 1 aromatic rings. The Morgan fingerprint density at radius 3 is 2.27 bits per heavy atom. The first-order valence-electron chi connectivity index (χ1n) is 2.79. The number of hydrogen-bond acceptors (Lipinski definition) is 2. The van der Waals surface area contributed by atoms with Crippen molar-refractivity contribution in [1.29, 1.82) is 0 Å². The van der Waals surface area contributed by atoms with Gasteiger partial charge in [0.2, 0.25) is 0 Å². The maximum atomic E-state index is 10.3. The molecule has 0 amide bonds. The Morgan fingerprint density at radius 1 is 1.36 bits per heavy atom. The number of aromatic carboxylic acids is 1. The van der Waals surface area contributed by atoms with Gasteiger partial charge < -0.3 is 10.8 Å². The number of rotatable bonds is 1. The third-order valence-corrected chi connectivity index (χ3v) is 1.19. The minimum Gasteiger partial charge on any atom is -0.478 e. The molecular formula is C7H7NO2Pd. The van der Waals surface area contributed by atoms with Crippen LogP contribution in [0, 0.1) is 0 Å². The summed E-state index contributed by atoms with van der Waals surface area (Å²) >= 11 is 0. The summed E-state index contributed by atoms with van der Waals surface area (Å²) in [5, 5.41) is 8.49. The zero-order chi connectivity index (χ0) is 7.56. The predicted octanol–water partition coefficient (Wildman–Crippen LogP) is 0.965. The molecule has 0 fully saturated rings. The van der Waals surface area contributed by atoms with Gasteiger partial charge >= 0.3 is 5.97 Å². The molecule has 0 spiro atoms. The molecule has 0 bridgehead atoms. The maximum Gasteiger partial charge on any atom is 0.337 e. The Balaban J connectivity index is 0.000001000. The van der Waals surface area contributed by atoms with Crippen molar-refractivity contribution >= 4 is 11.7 Å².